The smallest absolute Gasteiger partial charge is 0.235 e. The van der Waals surface area contributed by atoms with Gasteiger partial charge >= 0.3 is 0 Å². The van der Waals surface area contributed by atoms with Gasteiger partial charge in [-0.3, -0.25) is 4.79 Å². The Morgan fingerprint density at radius 1 is 1.20 bits per heavy atom. The van der Waals surface area contributed by atoms with Crippen LogP contribution in [0.1, 0.15) is 35.4 Å². The van der Waals surface area contributed by atoms with Crippen molar-refractivity contribution in [1.82, 2.24) is 20.6 Å². The molecule has 0 aliphatic rings. The summed E-state index contributed by atoms with van der Waals surface area (Å²) in [6.07, 6.45) is 1.36. The second kappa shape index (κ2) is 7.70. The molecule has 128 valence electrons. The summed E-state index contributed by atoms with van der Waals surface area (Å²) in [6, 6.07) is 15.9. The first-order valence-electron chi connectivity index (χ1n) is 8.35. The Kier molecular flexibility index (Phi) is 5.18. The summed E-state index contributed by atoms with van der Waals surface area (Å²) in [6.45, 7) is 4.10. The summed E-state index contributed by atoms with van der Waals surface area (Å²) in [5, 5.41) is 17.1. The normalized spacial score (nSPS) is 11.9. The molecule has 0 bridgehead atoms. The van der Waals surface area contributed by atoms with Crippen molar-refractivity contribution in [2.24, 2.45) is 0 Å². The Morgan fingerprint density at radius 2 is 2.04 bits per heavy atom. The standard InChI is InChI=1S/C19H21N5O/c1-3-15-9-4-5-10-17(15)20-19(25)16(18-21-23-24-22-18)12-14-8-6-7-13(2)11-14/h4-11,16H,3,12H2,1-2H3,(H,20,25)(H,21,22,23,24). The summed E-state index contributed by atoms with van der Waals surface area (Å²) in [4.78, 5) is 12.9. The van der Waals surface area contributed by atoms with E-state index in [1.54, 1.807) is 0 Å². The van der Waals surface area contributed by atoms with E-state index < -0.39 is 5.92 Å². The fourth-order valence-corrected chi connectivity index (χ4v) is 2.86. The Labute approximate surface area is 146 Å². The molecule has 0 radical (unpaired) electrons. The first-order chi connectivity index (χ1) is 12.2. The number of anilines is 1. The van der Waals surface area contributed by atoms with Crippen LogP contribution in [0.3, 0.4) is 0 Å². The van der Waals surface area contributed by atoms with Gasteiger partial charge in [0.1, 0.15) is 5.92 Å². The SMILES string of the molecule is CCc1ccccc1NC(=O)C(Cc1cccc(C)c1)c1nn[nH]n1. The van der Waals surface area contributed by atoms with Crippen LogP contribution in [0.25, 0.3) is 0 Å². The van der Waals surface area contributed by atoms with Gasteiger partial charge in [0.2, 0.25) is 5.91 Å². The summed E-state index contributed by atoms with van der Waals surface area (Å²) in [5.41, 5.74) is 4.14. The molecule has 0 aliphatic heterocycles. The minimum absolute atomic E-state index is 0.135. The molecule has 3 rings (SSSR count). The lowest BCUT2D eigenvalue weighted by Crippen LogP contribution is -2.24. The lowest BCUT2D eigenvalue weighted by molar-refractivity contribution is -0.117. The number of para-hydroxylation sites is 1. The van der Waals surface area contributed by atoms with E-state index in [1.807, 2.05) is 49.4 Å². The molecule has 6 heteroatoms. The molecule has 2 N–H and O–H groups in total. The maximum Gasteiger partial charge on any atom is 0.235 e. The first kappa shape index (κ1) is 16.8. The van der Waals surface area contributed by atoms with Crippen LogP contribution in [-0.4, -0.2) is 26.5 Å². The topological polar surface area (TPSA) is 83.6 Å². The van der Waals surface area contributed by atoms with Gasteiger partial charge in [0, 0.05) is 5.69 Å². The first-order valence-corrected chi connectivity index (χ1v) is 8.35. The number of hydrogen-bond acceptors (Lipinski definition) is 4. The number of carbonyl (C=O) groups excluding carboxylic acids is 1. The average molecular weight is 335 g/mol. The molecule has 1 unspecified atom stereocenters. The number of aryl methyl sites for hydroxylation is 2. The molecule has 0 spiro atoms. The van der Waals surface area contributed by atoms with Crippen LogP contribution in [0.2, 0.25) is 0 Å². The zero-order valence-electron chi connectivity index (χ0n) is 14.4. The van der Waals surface area contributed by atoms with Gasteiger partial charge < -0.3 is 5.32 Å². The molecule has 0 saturated heterocycles. The number of nitrogens with zero attached hydrogens (tertiary/aromatic N) is 3. The number of tetrazole rings is 1. The number of hydrogen-bond donors (Lipinski definition) is 2. The van der Waals surface area contributed by atoms with E-state index >= 15 is 0 Å². The van der Waals surface area contributed by atoms with Gasteiger partial charge in [0.05, 0.1) is 0 Å². The van der Waals surface area contributed by atoms with E-state index in [0.717, 1.165) is 28.8 Å². The zero-order valence-corrected chi connectivity index (χ0v) is 14.4. The van der Waals surface area contributed by atoms with E-state index in [4.69, 9.17) is 0 Å². The number of benzene rings is 2. The number of nitrogens with one attached hydrogen (secondary N) is 2. The molecule has 0 saturated carbocycles. The molecule has 0 aliphatic carbocycles. The van der Waals surface area contributed by atoms with Crippen LogP contribution >= 0.6 is 0 Å². The number of H-pyrrole nitrogens is 1. The van der Waals surface area contributed by atoms with Crippen LogP contribution in [0.5, 0.6) is 0 Å². The van der Waals surface area contributed by atoms with Crippen molar-refractivity contribution >= 4 is 11.6 Å². The number of aromatic nitrogens is 4. The fourth-order valence-electron chi connectivity index (χ4n) is 2.86. The summed E-state index contributed by atoms with van der Waals surface area (Å²) < 4.78 is 0. The highest BCUT2D eigenvalue weighted by atomic mass is 16.1. The number of amides is 1. The fraction of sp³-hybridized carbons (Fsp3) is 0.263. The Bertz CT molecular complexity index is 845. The number of carbonyl (C=O) groups is 1. The van der Waals surface area contributed by atoms with Crippen LogP contribution in [0.4, 0.5) is 5.69 Å². The van der Waals surface area contributed by atoms with E-state index in [-0.39, 0.29) is 5.91 Å². The molecule has 6 nitrogen and oxygen atoms in total. The Hall–Kier alpha value is -3.02. The minimum Gasteiger partial charge on any atom is -0.325 e. The maximum atomic E-state index is 12.9. The lowest BCUT2D eigenvalue weighted by Gasteiger charge is -2.16. The molecular formula is C19H21N5O. The number of rotatable bonds is 6. The maximum absolute atomic E-state index is 12.9. The van der Waals surface area contributed by atoms with Gasteiger partial charge in [0.25, 0.3) is 0 Å². The predicted molar refractivity (Wildman–Crippen MR) is 96.3 cm³/mol. The highest BCUT2D eigenvalue weighted by molar-refractivity contribution is 5.96. The molecule has 1 atom stereocenters. The van der Waals surface area contributed by atoms with Crippen molar-refractivity contribution in [3.8, 4) is 0 Å². The third-order valence-corrected chi connectivity index (χ3v) is 4.17. The van der Waals surface area contributed by atoms with Crippen molar-refractivity contribution in [1.29, 1.82) is 0 Å². The van der Waals surface area contributed by atoms with Crippen LogP contribution in [-0.2, 0) is 17.6 Å². The van der Waals surface area contributed by atoms with E-state index in [1.165, 1.54) is 0 Å². The largest absolute Gasteiger partial charge is 0.325 e. The van der Waals surface area contributed by atoms with Crippen molar-refractivity contribution in [3.63, 3.8) is 0 Å². The number of aromatic amines is 1. The van der Waals surface area contributed by atoms with Crippen molar-refractivity contribution < 1.29 is 4.79 Å². The third kappa shape index (κ3) is 4.09. The Morgan fingerprint density at radius 3 is 2.76 bits per heavy atom. The van der Waals surface area contributed by atoms with Gasteiger partial charge in [-0.1, -0.05) is 60.2 Å². The molecular weight excluding hydrogens is 314 g/mol. The molecule has 1 heterocycles. The lowest BCUT2D eigenvalue weighted by atomic mass is 9.96. The quantitative estimate of drug-likeness (QED) is 0.725. The molecule has 2 aromatic carbocycles. The minimum atomic E-state index is -0.509. The van der Waals surface area contributed by atoms with Crippen molar-refractivity contribution in [2.75, 3.05) is 5.32 Å². The summed E-state index contributed by atoms with van der Waals surface area (Å²) >= 11 is 0. The summed E-state index contributed by atoms with van der Waals surface area (Å²) in [5.74, 6) is -0.248. The van der Waals surface area contributed by atoms with Crippen LogP contribution in [0.15, 0.2) is 48.5 Å². The van der Waals surface area contributed by atoms with Gasteiger partial charge in [-0.15, -0.1) is 10.2 Å². The van der Waals surface area contributed by atoms with E-state index in [9.17, 15) is 4.79 Å². The second-order valence-corrected chi connectivity index (χ2v) is 6.02. The molecule has 1 amide bonds. The predicted octanol–water partition coefficient (Wildman–Crippen LogP) is 3.04. The van der Waals surface area contributed by atoms with Gasteiger partial charge in [-0.2, -0.15) is 5.21 Å². The molecule has 1 aromatic heterocycles. The van der Waals surface area contributed by atoms with Gasteiger partial charge in [-0.05, 0) is 37.0 Å². The van der Waals surface area contributed by atoms with E-state index in [2.05, 4.69) is 38.9 Å². The highest BCUT2D eigenvalue weighted by Crippen LogP contribution is 2.22. The van der Waals surface area contributed by atoms with Crippen molar-refractivity contribution in [3.05, 3.63) is 71.0 Å². The second-order valence-electron chi connectivity index (χ2n) is 6.02. The average Bonchev–Trinajstić information content (AvgIpc) is 3.14. The summed E-state index contributed by atoms with van der Waals surface area (Å²) in [7, 11) is 0. The van der Waals surface area contributed by atoms with Crippen LogP contribution in [0, 0.1) is 6.92 Å². The van der Waals surface area contributed by atoms with Gasteiger partial charge in [0.15, 0.2) is 5.82 Å². The third-order valence-electron chi connectivity index (χ3n) is 4.17. The van der Waals surface area contributed by atoms with Crippen LogP contribution < -0.4 is 5.32 Å². The zero-order chi connectivity index (χ0) is 17.6. The molecule has 25 heavy (non-hydrogen) atoms. The monoisotopic (exact) mass is 335 g/mol. The molecule has 3 aromatic rings. The highest BCUT2D eigenvalue weighted by Gasteiger charge is 2.26. The van der Waals surface area contributed by atoms with Crippen molar-refractivity contribution in [2.45, 2.75) is 32.6 Å². The van der Waals surface area contributed by atoms with E-state index in [0.29, 0.717) is 12.2 Å². The molecule has 0 fully saturated rings. The van der Waals surface area contributed by atoms with Gasteiger partial charge in [-0.25, -0.2) is 0 Å². The Balaban J connectivity index is 1.85.